The van der Waals surface area contributed by atoms with Crippen molar-refractivity contribution in [2.24, 2.45) is 10.7 Å². The lowest BCUT2D eigenvalue weighted by atomic mass is 9.92. The number of rotatable bonds is 8. The van der Waals surface area contributed by atoms with Gasteiger partial charge in [0.15, 0.2) is 5.96 Å². The second-order valence-electron chi connectivity index (χ2n) is 8.95. The number of ether oxygens (including phenoxy) is 1. The van der Waals surface area contributed by atoms with E-state index < -0.39 is 17.2 Å². The van der Waals surface area contributed by atoms with Crippen molar-refractivity contribution in [3.8, 4) is 5.75 Å². The maximum absolute atomic E-state index is 13.6. The van der Waals surface area contributed by atoms with Crippen molar-refractivity contribution in [1.82, 2.24) is 10.2 Å². The van der Waals surface area contributed by atoms with Gasteiger partial charge in [0.1, 0.15) is 22.9 Å². The predicted molar refractivity (Wildman–Crippen MR) is 136 cm³/mol. The highest BCUT2D eigenvalue weighted by atomic mass is 19.1. The van der Waals surface area contributed by atoms with Gasteiger partial charge in [-0.15, -0.1) is 0 Å². The second kappa shape index (κ2) is 10.7. The molecule has 10 heteroatoms. The summed E-state index contributed by atoms with van der Waals surface area (Å²) in [5.41, 5.74) is 7.37. The van der Waals surface area contributed by atoms with Gasteiger partial charge < -0.3 is 21.1 Å². The summed E-state index contributed by atoms with van der Waals surface area (Å²) >= 11 is 0. The lowest BCUT2D eigenvalue weighted by Crippen LogP contribution is -2.43. The third kappa shape index (κ3) is 6.21. The van der Waals surface area contributed by atoms with E-state index in [4.69, 9.17) is 10.5 Å². The first kappa shape index (κ1) is 25.6. The Kier molecular flexibility index (Phi) is 7.37. The van der Waals surface area contributed by atoms with Crippen LogP contribution in [0.25, 0.3) is 0 Å². The van der Waals surface area contributed by atoms with Gasteiger partial charge in [0.25, 0.3) is 5.91 Å². The summed E-state index contributed by atoms with van der Waals surface area (Å²) in [6.45, 7) is 2.08. The molecule has 0 radical (unpaired) electrons. The fourth-order valence-corrected chi connectivity index (χ4v) is 4.14. The van der Waals surface area contributed by atoms with Gasteiger partial charge in [-0.25, -0.2) is 18.6 Å². The summed E-state index contributed by atoms with van der Waals surface area (Å²) in [5, 5.41) is 5.53. The zero-order valence-corrected chi connectivity index (χ0v) is 20.4. The third-order valence-corrected chi connectivity index (χ3v) is 5.96. The van der Waals surface area contributed by atoms with Gasteiger partial charge in [-0.2, -0.15) is 0 Å². The average Bonchev–Trinajstić information content (AvgIpc) is 3.05. The van der Waals surface area contributed by atoms with E-state index in [2.05, 4.69) is 15.6 Å². The highest BCUT2D eigenvalue weighted by molar-refractivity contribution is 6.06. The van der Waals surface area contributed by atoms with E-state index in [9.17, 15) is 18.4 Å². The van der Waals surface area contributed by atoms with E-state index in [0.717, 1.165) is 17.2 Å². The van der Waals surface area contributed by atoms with Crippen molar-refractivity contribution in [3.05, 3.63) is 95.1 Å². The molecule has 1 aliphatic heterocycles. The van der Waals surface area contributed by atoms with Gasteiger partial charge in [0, 0.05) is 30.8 Å². The quantitative estimate of drug-likeness (QED) is 0.429. The van der Waals surface area contributed by atoms with E-state index in [1.165, 1.54) is 17.0 Å². The fraction of sp³-hybridized carbons (Fsp3) is 0.222. The Morgan fingerprint density at radius 1 is 1.03 bits per heavy atom. The van der Waals surface area contributed by atoms with Crippen molar-refractivity contribution >= 4 is 23.6 Å². The molecule has 4 N–H and O–H groups in total. The molecule has 0 unspecified atom stereocenters. The molecule has 1 atom stereocenters. The fourth-order valence-electron chi connectivity index (χ4n) is 4.14. The molecule has 4 rings (SSSR count). The smallest absolute Gasteiger partial charge is 0.319 e. The lowest BCUT2D eigenvalue weighted by molar-refractivity contribution is -0.131. The molecule has 37 heavy (non-hydrogen) atoms. The molecule has 1 aliphatic rings. The van der Waals surface area contributed by atoms with Crippen LogP contribution >= 0.6 is 0 Å². The standard InChI is InChI=1S/C27H27F2N5O3/c1-27(14-19-10-20(28)12-21(29)11-19)24(35)34(25(30)33-27)16-18-8-6-17(7-9-18)15-31-26(36)32-22-4-3-5-23(13-22)37-2/h3-13H,14-16H2,1-2H3,(H2,30,33)(H2,31,32,36)/t27-/m1/s1. The van der Waals surface area contributed by atoms with Crippen LogP contribution in [0.2, 0.25) is 0 Å². The molecule has 0 saturated carbocycles. The Morgan fingerprint density at radius 3 is 2.38 bits per heavy atom. The van der Waals surface area contributed by atoms with E-state index in [-0.39, 0.29) is 30.9 Å². The number of benzene rings is 3. The van der Waals surface area contributed by atoms with Crippen LogP contribution < -0.4 is 21.1 Å². The number of guanidine groups is 1. The van der Waals surface area contributed by atoms with Crippen molar-refractivity contribution in [2.45, 2.75) is 32.0 Å². The molecular formula is C27H27F2N5O3. The number of nitrogens with zero attached hydrogens (tertiary/aromatic N) is 2. The highest BCUT2D eigenvalue weighted by Crippen LogP contribution is 2.28. The van der Waals surface area contributed by atoms with E-state index in [1.54, 1.807) is 38.3 Å². The number of carbonyl (C=O) groups is 2. The number of carbonyl (C=O) groups excluding carboxylic acids is 2. The number of hydrogen-bond donors (Lipinski definition) is 3. The summed E-state index contributed by atoms with van der Waals surface area (Å²) in [5.74, 6) is -1.10. The number of halogens is 2. The number of hydrogen-bond acceptors (Lipinski definition) is 5. The molecule has 0 saturated heterocycles. The summed E-state index contributed by atoms with van der Waals surface area (Å²) in [6.07, 6.45) is 0.0140. The van der Waals surface area contributed by atoms with E-state index in [1.807, 2.05) is 24.3 Å². The largest absolute Gasteiger partial charge is 0.497 e. The highest BCUT2D eigenvalue weighted by Gasteiger charge is 2.44. The zero-order chi connectivity index (χ0) is 26.6. The molecule has 192 valence electrons. The first-order valence-electron chi connectivity index (χ1n) is 11.5. The van der Waals surface area contributed by atoms with Crippen LogP contribution in [-0.2, 0) is 24.3 Å². The van der Waals surface area contributed by atoms with E-state index in [0.29, 0.717) is 23.5 Å². The Morgan fingerprint density at radius 2 is 1.70 bits per heavy atom. The monoisotopic (exact) mass is 507 g/mol. The molecule has 1 heterocycles. The minimum atomic E-state index is -1.26. The number of nitrogens with one attached hydrogen (secondary N) is 2. The first-order valence-corrected chi connectivity index (χ1v) is 11.5. The second-order valence-corrected chi connectivity index (χ2v) is 8.95. The maximum Gasteiger partial charge on any atom is 0.319 e. The maximum atomic E-state index is 13.6. The molecule has 8 nitrogen and oxygen atoms in total. The Labute approximate surface area is 213 Å². The molecule has 3 aromatic carbocycles. The van der Waals surface area contributed by atoms with Gasteiger partial charge >= 0.3 is 6.03 Å². The minimum Gasteiger partial charge on any atom is -0.497 e. The zero-order valence-electron chi connectivity index (χ0n) is 20.4. The van der Waals surface area contributed by atoms with Gasteiger partial charge in [-0.05, 0) is 47.9 Å². The average molecular weight is 508 g/mol. The van der Waals surface area contributed by atoms with Crippen molar-refractivity contribution in [3.63, 3.8) is 0 Å². The van der Waals surface area contributed by atoms with Crippen LogP contribution in [0, 0.1) is 11.6 Å². The van der Waals surface area contributed by atoms with Gasteiger partial charge in [-0.1, -0.05) is 30.3 Å². The summed E-state index contributed by atoms with van der Waals surface area (Å²) in [7, 11) is 1.55. The van der Waals surface area contributed by atoms with Crippen LogP contribution in [0.5, 0.6) is 5.75 Å². The summed E-state index contributed by atoms with van der Waals surface area (Å²) < 4.78 is 32.3. The molecule has 0 aliphatic carbocycles. The SMILES string of the molecule is COc1cccc(NC(=O)NCc2ccc(CN3C(=O)[C@@](C)(Cc4cc(F)cc(F)c4)N=C3N)cc2)c1. The lowest BCUT2D eigenvalue weighted by Gasteiger charge is -2.22. The molecule has 0 aromatic heterocycles. The van der Waals surface area contributed by atoms with Crippen molar-refractivity contribution < 1.29 is 23.1 Å². The summed E-state index contributed by atoms with van der Waals surface area (Å²) in [6, 6.07) is 17.1. The van der Waals surface area contributed by atoms with Gasteiger partial charge in [-0.3, -0.25) is 9.69 Å². The third-order valence-electron chi connectivity index (χ3n) is 5.96. The van der Waals surface area contributed by atoms with E-state index >= 15 is 0 Å². The summed E-state index contributed by atoms with van der Waals surface area (Å²) in [4.78, 5) is 31.0. The van der Waals surface area contributed by atoms with Crippen molar-refractivity contribution in [2.75, 3.05) is 12.4 Å². The van der Waals surface area contributed by atoms with Crippen LogP contribution in [0.15, 0.2) is 71.7 Å². The Balaban J connectivity index is 1.33. The number of methoxy groups -OCH3 is 1. The number of nitrogens with two attached hydrogens (primary N) is 1. The number of anilines is 1. The molecule has 0 spiro atoms. The first-order chi connectivity index (χ1) is 17.6. The van der Waals surface area contributed by atoms with Crippen LogP contribution in [-0.4, -0.2) is 35.4 Å². The van der Waals surface area contributed by atoms with Crippen LogP contribution in [0.4, 0.5) is 19.3 Å². The molecule has 3 aromatic rings. The predicted octanol–water partition coefficient (Wildman–Crippen LogP) is 3.95. The molecular weight excluding hydrogens is 480 g/mol. The molecule has 3 amide bonds. The normalized spacial score (nSPS) is 16.9. The van der Waals surface area contributed by atoms with Crippen molar-refractivity contribution in [1.29, 1.82) is 0 Å². The number of aliphatic imine (C=N–C) groups is 1. The van der Waals surface area contributed by atoms with Gasteiger partial charge in [0.2, 0.25) is 0 Å². The number of urea groups is 1. The van der Waals surface area contributed by atoms with Crippen LogP contribution in [0.1, 0.15) is 23.6 Å². The minimum absolute atomic E-state index is 0.0140. The molecule has 0 bridgehead atoms. The van der Waals surface area contributed by atoms with Gasteiger partial charge in [0.05, 0.1) is 13.7 Å². The number of amides is 3. The molecule has 0 fully saturated rings. The Hall–Kier alpha value is -4.47. The van der Waals surface area contributed by atoms with Crippen LogP contribution in [0.3, 0.4) is 0 Å². The topological polar surface area (TPSA) is 109 Å². The Bertz CT molecular complexity index is 1330.